The molecule has 0 N–H and O–H groups in total. The summed E-state index contributed by atoms with van der Waals surface area (Å²) in [5.74, 6) is 0. The number of fused-ring (bicyclic) bond motifs is 7. The Morgan fingerprint density at radius 1 is 0.329 bits per heavy atom. The van der Waals surface area contributed by atoms with Crippen LogP contribution >= 0.6 is 0 Å². The van der Waals surface area contributed by atoms with E-state index in [-0.39, 0.29) is 6.71 Å². The highest BCUT2D eigenvalue weighted by Crippen LogP contribution is 2.48. The van der Waals surface area contributed by atoms with Crippen LogP contribution in [0, 0.1) is 13.8 Å². The number of aryl methyl sites for hydroxylation is 2. The zero-order chi connectivity index (χ0) is 48.6. The van der Waals surface area contributed by atoms with E-state index in [4.69, 9.17) is 0 Å². The number of rotatable bonds is 8. The first-order valence-electron chi connectivity index (χ1n) is 25.5. The van der Waals surface area contributed by atoms with Crippen LogP contribution in [0.5, 0.6) is 0 Å². The summed E-state index contributed by atoms with van der Waals surface area (Å²) in [5.41, 5.74) is 19.4. The lowest BCUT2D eigenvalue weighted by Gasteiger charge is -2.45. The lowest BCUT2D eigenvalue weighted by atomic mass is 9.33. The van der Waals surface area contributed by atoms with Gasteiger partial charge in [-0.3, -0.25) is 0 Å². The van der Waals surface area contributed by atoms with Crippen LogP contribution in [-0.4, -0.2) is 19.4 Å². The number of nitrogens with zero attached hydrogens (tertiary/aromatic N) is 3. The third kappa shape index (κ3) is 6.59. The van der Waals surface area contributed by atoms with Crippen molar-refractivity contribution in [1.82, 2.24) is 4.57 Å². The molecule has 0 aliphatic carbocycles. The number of hydrogen-bond acceptors (Lipinski definition) is 2. The molecule has 0 atom stereocenters. The number of benzene rings is 11. The van der Waals surface area contributed by atoms with Gasteiger partial charge in [-0.05, 0) is 134 Å². The second-order valence-corrected chi connectivity index (χ2v) is 23.5. The standard InChI is InChI=1S/C68H50BN3Si/c1-47-42-50(49-24-8-3-9-25-49)43-48(2)68(47)72-64-41-40-56(73(53-28-12-5-13-29-53,54-30-14-6-15-31-54)55-32-16-7-17-33-55)46-60(64)69-59-36-20-23-39-63(59)70(51-26-10-4-11-27-51)65-44-52(45-66(72)67(65)69)71-61-37-21-18-34-57(61)58-35-19-22-38-62(58)71/h3-46H,1-2H3. The predicted octanol–water partition coefficient (Wildman–Crippen LogP) is 12.5. The summed E-state index contributed by atoms with van der Waals surface area (Å²) in [6.45, 7) is 4.53. The molecule has 344 valence electrons. The molecular weight excluding hydrogens is 898 g/mol. The highest BCUT2D eigenvalue weighted by atomic mass is 28.3. The van der Waals surface area contributed by atoms with E-state index in [1.807, 2.05) is 0 Å². The maximum absolute atomic E-state index is 2.94. The fourth-order valence-corrected chi connectivity index (χ4v) is 17.5. The summed E-state index contributed by atoms with van der Waals surface area (Å²) >= 11 is 0. The minimum atomic E-state index is -2.94. The van der Waals surface area contributed by atoms with E-state index >= 15 is 0 Å². The predicted molar refractivity (Wildman–Crippen MR) is 313 cm³/mol. The average Bonchev–Trinajstić information content (AvgIpc) is 3.79. The Bertz CT molecular complexity index is 3890. The van der Waals surface area contributed by atoms with Gasteiger partial charge in [-0.2, -0.15) is 0 Å². The van der Waals surface area contributed by atoms with Gasteiger partial charge in [0, 0.05) is 39.2 Å². The molecule has 0 bridgehead atoms. The number of anilines is 6. The molecule has 2 aliphatic rings. The Morgan fingerprint density at radius 3 is 1.37 bits per heavy atom. The minimum absolute atomic E-state index is 0.0854. The zero-order valence-electron chi connectivity index (χ0n) is 40.8. The van der Waals surface area contributed by atoms with Crippen LogP contribution in [0.25, 0.3) is 38.6 Å². The lowest BCUT2D eigenvalue weighted by molar-refractivity contribution is 1.15. The molecular formula is C68H50BN3Si. The normalized spacial score (nSPS) is 12.7. The van der Waals surface area contributed by atoms with Crippen LogP contribution in [-0.2, 0) is 0 Å². The van der Waals surface area contributed by atoms with E-state index in [9.17, 15) is 0 Å². The molecule has 0 spiro atoms. The summed E-state index contributed by atoms with van der Waals surface area (Å²) in [6.07, 6.45) is 0. The van der Waals surface area contributed by atoms with Crippen molar-refractivity contribution < 1.29 is 0 Å². The molecule has 73 heavy (non-hydrogen) atoms. The van der Waals surface area contributed by atoms with Gasteiger partial charge in [0.1, 0.15) is 0 Å². The van der Waals surface area contributed by atoms with Crippen LogP contribution in [0.1, 0.15) is 11.1 Å². The Labute approximate surface area is 428 Å². The van der Waals surface area contributed by atoms with E-state index in [1.165, 1.54) is 110 Å². The number of aromatic nitrogens is 1. The number of para-hydroxylation sites is 4. The van der Waals surface area contributed by atoms with E-state index < -0.39 is 8.07 Å². The quantitative estimate of drug-likeness (QED) is 0.111. The van der Waals surface area contributed by atoms with Crippen LogP contribution < -0.4 is 46.9 Å². The van der Waals surface area contributed by atoms with Crippen molar-refractivity contribution in [3.8, 4) is 16.8 Å². The highest BCUT2D eigenvalue weighted by molar-refractivity contribution is 7.20. The molecule has 3 heterocycles. The largest absolute Gasteiger partial charge is 0.311 e. The van der Waals surface area contributed by atoms with Crippen molar-refractivity contribution in [2.24, 2.45) is 0 Å². The third-order valence-corrected chi connectivity index (χ3v) is 20.5. The topological polar surface area (TPSA) is 11.4 Å². The van der Waals surface area contributed by atoms with Gasteiger partial charge in [-0.15, -0.1) is 0 Å². The summed E-state index contributed by atoms with van der Waals surface area (Å²) in [6, 6.07) is 100. The molecule has 0 saturated heterocycles. The molecule has 0 saturated carbocycles. The molecule has 12 aromatic rings. The van der Waals surface area contributed by atoms with Crippen molar-refractivity contribution in [1.29, 1.82) is 0 Å². The summed E-state index contributed by atoms with van der Waals surface area (Å²) in [5, 5.41) is 7.93. The van der Waals surface area contributed by atoms with Gasteiger partial charge >= 0.3 is 0 Å². The van der Waals surface area contributed by atoms with Gasteiger partial charge in [0.2, 0.25) is 0 Å². The molecule has 2 aliphatic heterocycles. The van der Waals surface area contributed by atoms with Gasteiger partial charge in [-0.25, -0.2) is 0 Å². The van der Waals surface area contributed by atoms with Crippen molar-refractivity contribution in [3.63, 3.8) is 0 Å². The molecule has 0 fully saturated rings. The second kappa shape index (κ2) is 17.2. The lowest BCUT2D eigenvalue weighted by Crippen LogP contribution is -2.75. The van der Waals surface area contributed by atoms with E-state index in [2.05, 4.69) is 295 Å². The fraction of sp³-hybridized carbons (Fsp3) is 0.0294. The van der Waals surface area contributed by atoms with Crippen molar-refractivity contribution in [3.05, 3.63) is 278 Å². The Hall–Kier alpha value is -8.90. The van der Waals surface area contributed by atoms with E-state index in [0.29, 0.717) is 0 Å². The van der Waals surface area contributed by atoms with Crippen LogP contribution in [0.2, 0.25) is 0 Å². The second-order valence-electron chi connectivity index (χ2n) is 19.7. The minimum Gasteiger partial charge on any atom is -0.311 e. The van der Waals surface area contributed by atoms with Crippen LogP contribution in [0.15, 0.2) is 267 Å². The highest BCUT2D eigenvalue weighted by Gasteiger charge is 2.47. The SMILES string of the molecule is Cc1cc(-c2ccccc2)cc(C)c1N1c2ccc([Si](c3ccccc3)(c3ccccc3)c3ccccc3)cc2B2c3ccccc3N(c3ccccc3)c3cc(-n4c5ccccc5c5ccccc54)cc1c32. The maximum atomic E-state index is 2.64. The van der Waals surface area contributed by atoms with Gasteiger partial charge < -0.3 is 14.4 Å². The van der Waals surface area contributed by atoms with Crippen molar-refractivity contribution >= 4 is 108 Å². The van der Waals surface area contributed by atoms with Crippen molar-refractivity contribution in [2.75, 3.05) is 9.80 Å². The summed E-state index contributed by atoms with van der Waals surface area (Å²) < 4.78 is 2.49. The zero-order valence-corrected chi connectivity index (χ0v) is 41.8. The molecule has 5 heteroatoms. The van der Waals surface area contributed by atoms with Gasteiger partial charge in [0.15, 0.2) is 8.07 Å². The molecule has 14 rings (SSSR count). The molecule has 11 aromatic carbocycles. The summed E-state index contributed by atoms with van der Waals surface area (Å²) in [4.78, 5) is 5.17. The fourth-order valence-electron chi connectivity index (χ4n) is 12.8. The molecule has 1 aromatic heterocycles. The van der Waals surface area contributed by atoms with E-state index in [0.717, 1.165) is 11.4 Å². The third-order valence-electron chi connectivity index (χ3n) is 15.7. The first kappa shape index (κ1) is 42.9. The Balaban J connectivity index is 1.13. The molecule has 3 nitrogen and oxygen atoms in total. The van der Waals surface area contributed by atoms with Crippen LogP contribution in [0.3, 0.4) is 0 Å². The molecule has 0 radical (unpaired) electrons. The monoisotopic (exact) mass is 947 g/mol. The van der Waals surface area contributed by atoms with Crippen molar-refractivity contribution in [2.45, 2.75) is 13.8 Å². The Kier molecular flexibility index (Phi) is 10.1. The number of hydrogen-bond donors (Lipinski definition) is 0. The smallest absolute Gasteiger partial charge is 0.252 e. The first-order valence-corrected chi connectivity index (χ1v) is 27.5. The van der Waals surface area contributed by atoms with Crippen LogP contribution in [0.4, 0.5) is 34.1 Å². The summed E-state index contributed by atoms with van der Waals surface area (Å²) in [7, 11) is -2.94. The van der Waals surface area contributed by atoms with Gasteiger partial charge in [0.05, 0.1) is 22.4 Å². The van der Waals surface area contributed by atoms with E-state index in [1.54, 1.807) is 0 Å². The maximum Gasteiger partial charge on any atom is 0.252 e. The van der Waals surface area contributed by atoms with Gasteiger partial charge in [-0.1, -0.05) is 206 Å². The average molecular weight is 948 g/mol. The Morgan fingerprint density at radius 2 is 0.795 bits per heavy atom. The van der Waals surface area contributed by atoms with Gasteiger partial charge in [0.25, 0.3) is 6.71 Å². The molecule has 0 unspecified atom stereocenters. The molecule has 0 amide bonds. The first-order chi connectivity index (χ1) is 36.1.